The van der Waals surface area contributed by atoms with Gasteiger partial charge in [-0.1, -0.05) is 11.6 Å². The van der Waals surface area contributed by atoms with Crippen LogP contribution in [0.2, 0.25) is 5.02 Å². The molecule has 1 aromatic heterocycles. The number of hydrogen-bond donors (Lipinski definition) is 1. The van der Waals surface area contributed by atoms with E-state index in [4.69, 9.17) is 22.1 Å². The van der Waals surface area contributed by atoms with E-state index in [1.165, 1.54) is 6.07 Å². The standard InChI is InChI=1S/C12H11BrClFN4O/c1-5(2)20-12-18-10(17-11(16)19-12)6-3-4-7(13)8(14)9(6)15/h3-5H,1-2H3,(H2,16,17,18,19). The van der Waals surface area contributed by atoms with Gasteiger partial charge in [0, 0.05) is 4.47 Å². The first-order valence-corrected chi connectivity index (χ1v) is 6.87. The van der Waals surface area contributed by atoms with Crippen molar-refractivity contribution in [2.45, 2.75) is 20.0 Å². The Morgan fingerprint density at radius 3 is 2.65 bits per heavy atom. The van der Waals surface area contributed by atoms with Gasteiger partial charge in [0.15, 0.2) is 11.6 Å². The molecule has 2 N–H and O–H groups in total. The molecule has 2 aromatic rings. The van der Waals surface area contributed by atoms with Gasteiger partial charge >= 0.3 is 6.01 Å². The lowest BCUT2D eigenvalue weighted by atomic mass is 10.2. The fourth-order valence-electron chi connectivity index (χ4n) is 1.45. The number of nitrogen functional groups attached to an aromatic ring is 1. The molecular weight excluding hydrogens is 351 g/mol. The fourth-order valence-corrected chi connectivity index (χ4v) is 1.93. The summed E-state index contributed by atoms with van der Waals surface area (Å²) in [7, 11) is 0. The minimum absolute atomic E-state index is 0.0425. The number of rotatable bonds is 3. The number of anilines is 1. The Hall–Kier alpha value is -1.47. The van der Waals surface area contributed by atoms with Crippen molar-refractivity contribution >= 4 is 33.5 Å². The lowest BCUT2D eigenvalue weighted by molar-refractivity contribution is 0.222. The lowest BCUT2D eigenvalue weighted by Gasteiger charge is -2.10. The second kappa shape index (κ2) is 5.88. The van der Waals surface area contributed by atoms with Crippen molar-refractivity contribution in [3.63, 3.8) is 0 Å². The van der Waals surface area contributed by atoms with Crippen LogP contribution in [0, 0.1) is 5.82 Å². The third kappa shape index (κ3) is 3.16. The number of nitrogens with two attached hydrogens (primary N) is 1. The summed E-state index contributed by atoms with van der Waals surface area (Å²) in [6.45, 7) is 3.63. The molecular formula is C12H11BrClFN4O. The molecule has 0 atom stereocenters. The molecule has 1 aromatic carbocycles. The van der Waals surface area contributed by atoms with Crippen molar-refractivity contribution < 1.29 is 9.13 Å². The highest BCUT2D eigenvalue weighted by Gasteiger charge is 2.16. The maximum absolute atomic E-state index is 14.1. The predicted molar refractivity (Wildman–Crippen MR) is 78.1 cm³/mol. The quantitative estimate of drug-likeness (QED) is 0.847. The van der Waals surface area contributed by atoms with Crippen LogP contribution < -0.4 is 10.5 Å². The lowest BCUT2D eigenvalue weighted by Crippen LogP contribution is -2.11. The molecule has 0 aliphatic carbocycles. The highest BCUT2D eigenvalue weighted by molar-refractivity contribution is 9.10. The van der Waals surface area contributed by atoms with E-state index in [0.29, 0.717) is 4.47 Å². The van der Waals surface area contributed by atoms with Crippen LogP contribution in [0.25, 0.3) is 11.4 Å². The molecule has 1 heterocycles. The highest BCUT2D eigenvalue weighted by atomic mass is 79.9. The first kappa shape index (κ1) is 14.9. The number of benzene rings is 1. The summed E-state index contributed by atoms with van der Waals surface area (Å²) < 4.78 is 19.9. The minimum Gasteiger partial charge on any atom is -0.461 e. The van der Waals surface area contributed by atoms with E-state index in [2.05, 4.69) is 30.9 Å². The van der Waals surface area contributed by atoms with Gasteiger partial charge in [0.2, 0.25) is 5.95 Å². The highest BCUT2D eigenvalue weighted by Crippen LogP contribution is 2.32. The van der Waals surface area contributed by atoms with E-state index in [-0.39, 0.29) is 34.5 Å². The molecule has 0 unspecified atom stereocenters. The van der Waals surface area contributed by atoms with Crippen molar-refractivity contribution in [1.29, 1.82) is 0 Å². The maximum Gasteiger partial charge on any atom is 0.322 e. The summed E-state index contributed by atoms with van der Waals surface area (Å²) in [5.41, 5.74) is 5.71. The SMILES string of the molecule is CC(C)Oc1nc(N)nc(-c2ccc(Br)c(Cl)c2F)n1. The molecule has 106 valence electrons. The van der Waals surface area contributed by atoms with E-state index in [9.17, 15) is 4.39 Å². The number of aromatic nitrogens is 3. The van der Waals surface area contributed by atoms with Crippen molar-refractivity contribution in [1.82, 2.24) is 15.0 Å². The van der Waals surface area contributed by atoms with Crippen molar-refractivity contribution in [2.75, 3.05) is 5.73 Å². The topological polar surface area (TPSA) is 73.9 Å². The molecule has 5 nitrogen and oxygen atoms in total. The Balaban J connectivity index is 2.53. The van der Waals surface area contributed by atoms with Crippen LogP contribution in [0.1, 0.15) is 13.8 Å². The van der Waals surface area contributed by atoms with Gasteiger partial charge in [-0.15, -0.1) is 0 Å². The molecule has 0 radical (unpaired) electrons. The Labute approximate surface area is 128 Å². The van der Waals surface area contributed by atoms with Crippen LogP contribution in [-0.4, -0.2) is 21.1 Å². The molecule has 20 heavy (non-hydrogen) atoms. The van der Waals surface area contributed by atoms with Gasteiger partial charge in [0.1, 0.15) is 0 Å². The van der Waals surface area contributed by atoms with Gasteiger partial charge in [0.05, 0.1) is 16.7 Å². The van der Waals surface area contributed by atoms with Crippen LogP contribution in [-0.2, 0) is 0 Å². The van der Waals surface area contributed by atoms with Gasteiger partial charge in [-0.3, -0.25) is 0 Å². The summed E-state index contributed by atoms with van der Waals surface area (Å²) in [4.78, 5) is 11.8. The van der Waals surface area contributed by atoms with E-state index in [1.807, 2.05) is 13.8 Å². The van der Waals surface area contributed by atoms with Crippen LogP contribution in [0.4, 0.5) is 10.3 Å². The average molecular weight is 362 g/mol. The Bertz CT molecular complexity index is 654. The second-order valence-corrected chi connectivity index (χ2v) is 5.42. The van der Waals surface area contributed by atoms with Crippen LogP contribution in [0.3, 0.4) is 0 Å². The summed E-state index contributed by atoms with van der Waals surface area (Å²) in [6, 6.07) is 3.14. The number of halogens is 3. The van der Waals surface area contributed by atoms with Crippen LogP contribution >= 0.6 is 27.5 Å². The Morgan fingerprint density at radius 2 is 2.00 bits per heavy atom. The zero-order valence-corrected chi connectivity index (χ0v) is 13.0. The first-order chi connectivity index (χ1) is 9.38. The smallest absolute Gasteiger partial charge is 0.322 e. The zero-order valence-electron chi connectivity index (χ0n) is 10.7. The number of hydrogen-bond acceptors (Lipinski definition) is 5. The van der Waals surface area contributed by atoms with E-state index >= 15 is 0 Å². The molecule has 0 saturated carbocycles. The summed E-state index contributed by atoms with van der Waals surface area (Å²) in [5, 5.41) is -0.0483. The van der Waals surface area contributed by atoms with Gasteiger partial charge < -0.3 is 10.5 Å². The normalized spacial score (nSPS) is 10.9. The zero-order chi connectivity index (χ0) is 14.9. The monoisotopic (exact) mass is 360 g/mol. The molecule has 0 spiro atoms. The molecule has 8 heteroatoms. The Morgan fingerprint density at radius 1 is 1.30 bits per heavy atom. The molecule has 0 fully saturated rings. The van der Waals surface area contributed by atoms with Crippen molar-refractivity contribution in [2.24, 2.45) is 0 Å². The van der Waals surface area contributed by atoms with Gasteiger partial charge in [-0.05, 0) is 41.9 Å². The summed E-state index contributed by atoms with van der Waals surface area (Å²) in [6.07, 6.45) is -0.136. The van der Waals surface area contributed by atoms with Gasteiger partial charge in [-0.25, -0.2) is 4.39 Å². The van der Waals surface area contributed by atoms with Gasteiger partial charge in [0.25, 0.3) is 0 Å². The number of ether oxygens (including phenoxy) is 1. The van der Waals surface area contributed by atoms with Gasteiger partial charge in [-0.2, -0.15) is 15.0 Å². The fraction of sp³-hybridized carbons (Fsp3) is 0.250. The third-order valence-electron chi connectivity index (χ3n) is 2.25. The summed E-state index contributed by atoms with van der Waals surface area (Å²) >= 11 is 8.98. The Kier molecular flexibility index (Phi) is 4.39. The molecule has 0 amide bonds. The third-order valence-corrected chi connectivity index (χ3v) is 3.51. The van der Waals surface area contributed by atoms with E-state index in [1.54, 1.807) is 6.07 Å². The predicted octanol–water partition coefficient (Wildman–Crippen LogP) is 3.46. The molecule has 0 aliphatic rings. The molecule has 2 rings (SSSR count). The minimum atomic E-state index is -0.637. The molecule has 0 aliphatic heterocycles. The van der Waals surface area contributed by atoms with Crippen LogP contribution in [0.5, 0.6) is 6.01 Å². The maximum atomic E-state index is 14.1. The molecule has 0 bridgehead atoms. The second-order valence-electron chi connectivity index (χ2n) is 4.19. The first-order valence-electron chi connectivity index (χ1n) is 5.70. The van der Waals surface area contributed by atoms with E-state index in [0.717, 1.165) is 0 Å². The largest absolute Gasteiger partial charge is 0.461 e. The number of nitrogens with zero attached hydrogens (tertiary/aromatic N) is 3. The van der Waals surface area contributed by atoms with Crippen LogP contribution in [0.15, 0.2) is 16.6 Å². The summed E-state index contributed by atoms with van der Waals surface area (Å²) in [5.74, 6) is -0.619. The van der Waals surface area contributed by atoms with E-state index < -0.39 is 5.82 Å². The van der Waals surface area contributed by atoms with Crippen molar-refractivity contribution in [3.05, 3.63) is 27.4 Å². The average Bonchev–Trinajstić information content (AvgIpc) is 2.34. The van der Waals surface area contributed by atoms with Crippen molar-refractivity contribution in [3.8, 4) is 17.4 Å². The molecule has 0 saturated heterocycles.